The number of carbonyl (C=O) groups is 1. The van der Waals surface area contributed by atoms with Crippen LogP contribution in [0.2, 0.25) is 0 Å². The highest BCUT2D eigenvalue weighted by Crippen LogP contribution is 2.22. The molecule has 0 aliphatic rings. The third-order valence-electron chi connectivity index (χ3n) is 2.01. The molecule has 16 heavy (non-hydrogen) atoms. The van der Waals surface area contributed by atoms with Gasteiger partial charge in [0.05, 0.1) is 11.8 Å². The van der Waals surface area contributed by atoms with Gasteiger partial charge in [-0.05, 0) is 11.6 Å². The number of benzene rings is 1. The summed E-state index contributed by atoms with van der Waals surface area (Å²) in [6, 6.07) is 6.91. The van der Waals surface area contributed by atoms with Crippen molar-refractivity contribution in [1.82, 2.24) is 4.98 Å². The summed E-state index contributed by atoms with van der Waals surface area (Å²) in [4.78, 5) is 14.9. The van der Waals surface area contributed by atoms with Crippen LogP contribution < -0.4 is 0 Å². The molecular formula is C11H9NO3S. The highest BCUT2D eigenvalue weighted by atomic mass is 32.2. The summed E-state index contributed by atoms with van der Waals surface area (Å²) in [5.74, 6) is -0.383. The molecule has 0 unspecified atom stereocenters. The smallest absolute Gasteiger partial charge is 0.335 e. The van der Waals surface area contributed by atoms with Gasteiger partial charge in [-0.15, -0.1) is 0 Å². The van der Waals surface area contributed by atoms with E-state index in [1.54, 1.807) is 24.4 Å². The second kappa shape index (κ2) is 4.85. The first-order valence-corrected chi connectivity index (χ1v) is 5.59. The fourth-order valence-electron chi connectivity index (χ4n) is 1.28. The average Bonchev–Trinajstić information content (AvgIpc) is 2.79. The van der Waals surface area contributed by atoms with Crippen LogP contribution in [0.4, 0.5) is 0 Å². The van der Waals surface area contributed by atoms with Gasteiger partial charge in [0.1, 0.15) is 6.26 Å². The number of hydrogen-bond donors (Lipinski definition) is 1. The molecule has 0 radical (unpaired) electrons. The Hall–Kier alpha value is -1.75. The van der Waals surface area contributed by atoms with E-state index in [-0.39, 0.29) is 0 Å². The Kier molecular flexibility index (Phi) is 3.26. The zero-order valence-electron chi connectivity index (χ0n) is 8.29. The maximum Gasteiger partial charge on any atom is 0.335 e. The zero-order valence-corrected chi connectivity index (χ0v) is 9.11. The van der Waals surface area contributed by atoms with E-state index in [1.165, 1.54) is 18.0 Å². The third kappa shape index (κ3) is 2.43. The minimum absolute atomic E-state index is 0.321. The van der Waals surface area contributed by atoms with Gasteiger partial charge in [0, 0.05) is 5.75 Å². The molecule has 0 saturated carbocycles. The molecule has 82 valence electrons. The van der Waals surface area contributed by atoms with Crippen LogP contribution in [-0.4, -0.2) is 16.1 Å². The topological polar surface area (TPSA) is 63.3 Å². The van der Waals surface area contributed by atoms with Crippen LogP contribution in [-0.2, 0) is 5.75 Å². The minimum Gasteiger partial charge on any atom is -0.478 e. The maximum atomic E-state index is 10.9. The van der Waals surface area contributed by atoms with Crippen molar-refractivity contribution in [3.63, 3.8) is 0 Å². The van der Waals surface area contributed by atoms with E-state index in [2.05, 4.69) is 4.98 Å². The van der Waals surface area contributed by atoms with E-state index in [1.807, 2.05) is 6.07 Å². The molecule has 0 bridgehead atoms. The van der Waals surface area contributed by atoms with Crippen LogP contribution in [0.1, 0.15) is 15.9 Å². The molecule has 0 aliphatic heterocycles. The van der Waals surface area contributed by atoms with Crippen LogP contribution in [0.15, 0.2) is 46.4 Å². The summed E-state index contributed by atoms with van der Waals surface area (Å²) in [5.41, 5.74) is 1.08. The van der Waals surface area contributed by atoms with Crippen molar-refractivity contribution >= 4 is 17.7 Å². The fraction of sp³-hybridized carbons (Fsp3) is 0.0909. The van der Waals surface area contributed by atoms with Gasteiger partial charge < -0.3 is 9.52 Å². The molecule has 2 aromatic rings. The Bertz CT molecular complexity index is 482. The Labute approximate surface area is 96.3 Å². The second-order valence-electron chi connectivity index (χ2n) is 3.05. The summed E-state index contributed by atoms with van der Waals surface area (Å²) in [7, 11) is 0. The number of carboxylic acid groups (broad SMARTS) is 1. The largest absolute Gasteiger partial charge is 0.478 e. The number of oxazole rings is 1. The van der Waals surface area contributed by atoms with Gasteiger partial charge in [0.2, 0.25) is 0 Å². The van der Waals surface area contributed by atoms with Crippen molar-refractivity contribution in [3.8, 4) is 0 Å². The molecule has 1 aromatic heterocycles. The van der Waals surface area contributed by atoms with Crippen molar-refractivity contribution in [1.29, 1.82) is 0 Å². The summed E-state index contributed by atoms with van der Waals surface area (Å²) in [5, 5.41) is 9.52. The van der Waals surface area contributed by atoms with Crippen LogP contribution in [0.25, 0.3) is 0 Å². The van der Waals surface area contributed by atoms with Gasteiger partial charge in [-0.2, -0.15) is 0 Å². The van der Waals surface area contributed by atoms with Crippen LogP contribution in [0.3, 0.4) is 0 Å². The molecule has 5 heteroatoms. The van der Waals surface area contributed by atoms with Crippen molar-refractivity contribution in [3.05, 3.63) is 47.9 Å². The van der Waals surface area contributed by atoms with E-state index in [0.717, 1.165) is 5.56 Å². The lowest BCUT2D eigenvalue weighted by Crippen LogP contribution is -2.00. The summed E-state index contributed by atoms with van der Waals surface area (Å²) in [6.45, 7) is 0. The molecule has 0 spiro atoms. The Morgan fingerprint density at radius 1 is 1.44 bits per heavy atom. The van der Waals surface area contributed by atoms with E-state index in [9.17, 15) is 4.79 Å². The normalized spacial score (nSPS) is 10.2. The number of nitrogens with zero attached hydrogens (tertiary/aromatic N) is 1. The van der Waals surface area contributed by atoms with Crippen LogP contribution in [0.5, 0.6) is 0 Å². The fourth-order valence-corrected chi connectivity index (χ4v) is 2.07. The summed E-state index contributed by atoms with van der Waals surface area (Å²) in [6.07, 6.45) is 3.05. The standard InChI is InChI=1S/C11H9NO3S/c13-10(14)9-4-2-1-3-8(9)7-16-11-12-5-6-15-11/h1-6H,7H2,(H,13,14). The van der Waals surface area contributed by atoms with E-state index >= 15 is 0 Å². The van der Waals surface area contributed by atoms with Crippen molar-refractivity contribution < 1.29 is 14.3 Å². The second-order valence-corrected chi connectivity index (χ2v) is 3.98. The molecule has 0 atom stereocenters. The number of aromatic nitrogens is 1. The van der Waals surface area contributed by atoms with Gasteiger partial charge in [-0.1, -0.05) is 30.0 Å². The number of thioether (sulfide) groups is 1. The van der Waals surface area contributed by atoms with E-state index < -0.39 is 5.97 Å². The molecule has 4 nitrogen and oxygen atoms in total. The third-order valence-corrected chi connectivity index (χ3v) is 2.91. The predicted molar refractivity (Wildman–Crippen MR) is 59.5 cm³/mol. The highest BCUT2D eigenvalue weighted by Gasteiger charge is 2.09. The molecule has 0 amide bonds. The summed E-state index contributed by atoms with van der Waals surface area (Å²) >= 11 is 1.37. The highest BCUT2D eigenvalue weighted by molar-refractivity contribution is 7.98. The molecule has 0 saturated heterocycles. The lowest BCUT2D eigenvalue weighted by Gasteiger charge is -2.03. The van der Waals surface area contributed by atoms with Crippen LogP contribution >= 0.6 is 11.8 Å². The maximum absolute atomic E-state index is 10.9. The molecule has 1 N–H and O–H groups in total. The SMILES string of the molecule is O=C(O)c1ccccc1CSc1ncco1. The van der Waals surface area contributed by atoms with Crippen molar-refractivity contribution in [2.75, 3.05) is 0 Å². The summed E-state index contributed by atoms with van der Waals surface area (Å²) < 4.78 is 5.06. The number of rotatable bonds is 4. The van der Waals surface area contributed by atoms with E-state index in [0.29, 0.717) is 16.5 Å². The lowest BCUT2D eigenvalue weighted by atomic mass is 10.1. The Morgan fingerprint density at radius 3 is 2.94 bits per heavy atom. The lowest BCUT2D eigenvalue weighted by molar-refractivity contribution is 0.0696. The monoisotopic (exact) mass is 235 g/mol. The number of carboxylic acids is 1. The predicted octanol–water partition coefficient (Wildman–Crippen LogP) is 2.67. The minimum atomic E-state index is -0.913. The Balaban J connectivity index is 2.12. The zero-order chi connectivity index (χ0) is 11.4. The van der Waals surface area contributed by atoms with Gasteiger partial charge in [0.15, 0.2) is 0 Å². The quantitative estimate of drug-likeness (QED) is 0.825. The Morgan fingerprint density at radius 2 is 2.25 bits per heavy atom. The molecule has 1 aromatic carbocycles. The van der Waals surface area contributed by atoms with Crippen molar-refractivity contribution in [2.24, 2.45) is 0 Å². The first-order valence-electron chi connectivity index (χ1n) is 4.61. The van der Waals surface area contributed by atoms with Gasteiger partial charge >= 0.3 is 5.97 Å². The van der Waals surface area contributed by atoms with Gasteiger partial charge in [-0.25, -0.2) is 9.78 Å². The van der Waals surface area contributed by atoms with Gasteiger partial charge in [0.25, 0.3) is 5.22 Å². The number of aromatic carboxylic acids is 1. The molecule has 1 heterocycles. The first kappa shape index (κ1) is 10.8. The first-order chi connectivity index (χ1) is 7.77. The van der Waals surface area contributed by atoms with Crippen LogP contribution in [0, 0.1) is 0 Å². The molecule has 2 rings (SSSR count). The van der Waals surface area contributed by atoms with Crippen molar-refractivity contribution in [2.45, 2.75) is 11.0 Å². The molecule has 0 aliphatic carbocycles. The number of hydrogen-bond acceptors (Lipinski definition) is 4. The average molecular weight is 235 g/mol. The van der Waals surface area contributed by atoms with E-state index in [4.69, 9.17) is 9.52 Å². The molecule has 0 fully saturated rings. The van der Waals surface area contributed by atoms with Gasteiger partial charge in [-0.3, -0.25) is 0 Å². The molecular weight excluding hydrogens is 226 g/mol.